The van der Waals surface area contributed by atoms with Crippen molar-refractivity contribution >= 4 is 41.0 Å². The number of nitro groups is 1. The maximum absolute atomic E-state index is 12.0. The maximum atomic E-state index is 12.0. The summed E-state index contributed by atoms with van der Waals surface area (Å²) in [6, 6.07) is 10.1. The molecule has 0 unspecified atom stereocenters. The van der Waals surface area contributed by atoms with Crippen molar-refractivity contribution in [3.8, 4) is 0 Å². The fraction of sp³-hybridized carbons (Fsp3) is 0.0625. The number of amides is 2. The second-order valence-corrected chi connectivity index (χ2v) is 5.33. The van der Waals surface area contributed by atoms with E-state index in [2.05, 4.69) is 15.8 Å². The first-order valence-corrected chi connectivity index (χ1v) is 7.39. The first kappa shape index (κ1) is 18.1. The maximum Gasteiger partial charge on any atom is 0.271 e. The molecule has 0 aliphatic rings. The second kappa shape index (κ2) is 8.02. The van der Waals surface area contributed by atoms with Gasteiger partial charge in [0.05, 0.1) is 11.1 Å². The van der Waals surface area contributed by atoms with Crippen LogP contribution < -0.4 is 10.7 Å². The van der Waals surface area contributed by atoms with Gasteiger partial charge in [-0.1, -0.05) is 11.6 Å². The van der Waals surface area contributed by atoms with Gasteiger partial charge >= 0.3 is 0 Å². The van der Waals surface area contributed by atoms with Gasteiger partial charge in [-0.3, -0.25) is 19.7 Å². The number of benzene rings is 2. The molecular formula is C16H13ClN4O4. The van der Waals surface area contributed by atoms with E-state index in [-0.39, 0.29) is 16.6 Å². The molecule has 0 aliphatic heterocycles. The summed E-state index contributed by atoms with van der Waals surface area (Å²) >= 11 is 5.93. The van der Waals surface area contributed by atoms with Gasteiger partial charge in [-0.25, -0.2) is 5.43 Å². The summed E-state index contributed by atoms with van der Waals surface area (Å²) in [6.45, 7) is 1.38. The average Bonchev–Trinajstić information content (AvgIpc) is 2.56. The summed E-state index contributed by atoms with van der Waals surface area (Å²) in [6.07, 6.45) is 1.22. The number of nitro benzene ring substituents is 1. The number of nitrogens with zero attached hydrogens (tertiary/aromatic N) is 2. The first-order chi connectivity index (χ1) is 11.9. The molecule has 2 N–H and O–H groups in total. The average molecular weight is 361 g/mol. The summed E-state index contributed by atoms with van der Waals surface area (Å²) in [5, 5.41) is 17.3. The molecule has 9 heteroatoms. The highest BCUT2D eigenvalue weighted by atomic mass is 35.5. The zero-order chi connectivity index (χ0) is 18.4. The topological polar surface area (TPSA) is 114 Å². The molecule has 2 aromatic rings. The molecule has 2 rings (SSSR count). The smallest absolute Gasteiger partial charge is 0.271 e. The number of non-ortho nitro benzene ring substituents is 1. The highest BCUT2D eigenvalue weighted by Gasteiger charge is 2.09. The van der Waals surface area contributed by atoms with Crippen molar-refractivity contribution in [3.05, 3.63) is 68.7 Å². The van der Waals surface area contributed by atoms with E-state index in [9.17, 15) is 19.7 Å². The van der Waals surface area contributed by atoms with Crippen LogP contribution in [0.15, 0.2) is 47.6 Å². The zero-order valence-corrected chi connectivity index (χ0v) is 13.8. The lowest BCUT2D eigenvalue weighted by molar-refractivity contribution is -0.384. The minimum absolute atomic E-state index is 0.134. The predicted octanol–water partition coefficient (Wildman–Crippen LogP) is 2.97. The van der Waals surface area contributed by atoms with Crippen LogP contribution in [0.1, 0.15) is 22.8 Å². The largest absolute Gasteiger partial charge is 0.326 e. The van der Waals surface area contributed by atoms with Crippen molar-refractivity contribution in [2.24, 2.45) is 5.10 Å². The number of hydrogen-bond acceptors (Lipinski definition) is 5. The Bertz CT molecular complexity index is 850. The summed E-state index contributed by atoms with van der Waals surface area (Å²) in [5.74, 6) is -0.692. The molecule has 8 nitrogen and oxygen atoms in total. The fourth-order valence-electron chi connectivity index (χ4n) is 1.88. The quantitative estimate of drug-likeness (QED) is 0.484. The molecule has 0 fully saturated rings. The van der Waals surface area contributed by atoms with Crippen molar-refractivity contribution < 1.29 is 14.5 Å². The molecule has 0 spiro atoms. The van der Waals surface area contributed by atoms with Gasteiger partial charge in [-0.05, 0) is 30.3 Å². The van der Waals surface area contributed by atoms with Gasteiger partial charge in [-0.15, -0.1) is 0 Å². The van der Waals surface area contributed by atoms with E-state index in [0.29, 0.717) is 16.8 Å². The lowest BCUT2D eigenvalue weighted by Gasteiger charge is -2.04. The zero-order valence-electron chi connectivity index (χ0n) is 13.0. The number of rotatable bonds is 5. The Labute approximate surface area is 147 Å². The summed E-state index contributed by atoms with van der Waals surface area (Å²) < 4.78 is 0. The van der Waals surface area contributed by atoms with E-state index in [0.717, 1.165) is 0 Å². The van der Waals surface area contributed by atoms with Crippen LogP contribution in [0.25, 0.3) is 0 Å². The number of nitrogens with one attached hydrogen (secondary N) is 2. The summed E-state index contributed by atoms with van der Waals surface area (Å²) in [7, 11) is 0. The van der Waals surface area contributed by atoms with Gasteiger partial charge in [0.15, 0.2) is 0 Å². The van der Waals surface area contributed by atoms with Gasteiger partial charge in [0.2, 0.25) is 5.91 Å². The third kappa shape index (κ3) is 5.11. The van der Waals surface area contributed by atoms with Gasteiger partial charge < -0.3 is 5.32 Å². The second-order valence-electron chi connectivity index (χ2n) is 4.92. The number of hydrogen-bond donors (Lipinski definition) is 2. The Kier molecular flexibility index (Phi) is 5.80. The Morgan fingerprint density at radius 3 is 2.48 bits per heavy atom. The highest BCUT2D eigenvalue weighted by Crippen LogP contribution is 2.20. The fourth-order valence-corrected chi connectivity index (χ4v) is 2.04. The standard InChI is InChI=1S/C16H13ClN4O4/c1-10(22)19-13-4-2-11(3-5-13)16(23)20-18-9-12-8-14(21(24)25)6-7-15(12)17/h2-9H,1H3,(H,19,22)(H,20,23)/b18-9-. The molecule has 0 bridgehead atoms. The molecule has 0 saturated heterocycles. The predicted molar refractivity (Wildman–Crippen MR) is 93.9 cm³/mol. The Balaban J connectivity index is 2.04. The minimum atomic E-state index is -0.553. The van der Waals surface area contributed by atoms with Crippen LogP contribution in [-0.4, -0.2) is 23.0 Å². The molecule has 0 saturated carbocycles. The third-order valence-electron chi connectivity index (χ3n) is 3.03. The molecule has 2 aromatic carbocycles. The van der Waals surface area contributed by atoms with Crippen molar-refractivity contribution in [2.45, 2.75) is 6.92 Å². The lowest BCUT2D eigenvalue weighted by Crippen LogP contribution is -2.17. The normalized spacial score (nSPS) is 10.5. The number of halogens is 1. The number of carbonyl (C=O) groups excluding carboxylic acids is 2. The lowest BCUT2D eigenvalue weighted by atomic mass is 10.2. The number of carbonyl (C=O) groups is 2. The van der Waals surface area contributed by atoms with E-state index in [4.69, 9.17) is 11.6 Å². The molecule has 2 amide bonds. The highest BCUT2D eigenvalue weighted by molar-refractivity contribution is 6.33. The van der Waals surface area contributed by atoms with E-state index in [1.807, 2.05) is 0 Å². The molecule has 0 aliphatic carbocycles. The molecule has 0 heterocycles. The van der Waals surface area contributed by atoms with Crippen LogP contribution in [-0.2, 0) is 4.79 Å². The van der Waals surface area contributed by atoms with Crippen LogP contribution >= 0.6 is 11.6 Å². The molecule has 0 atom stereocenters. The molecule has 0 radical (unpaired) electrons. The summed E-state index contributed by atoms with van der Waals surface area (Å²) in [5.41, 5.74) is 3.36. The van der Waals surface area contributed by atoms with E-state index in [1.54, 1.807) is 12.1 Å². The minimum Gasteiger partial charge on any atom is -0.326 e. The van der Waals surface area contributed by atoms with Crippen LogP contribution in [0.3, 0.4) is 0 Å². The first-order valence-electron chi connectivity index (χ1n) is 7.02. The monoisotopic (exact) mass is 360 g/mol. The summed E-state index contributed by atoms with van der Waals surface area (Å²) in [4.78, 5) is 33.1. The van der Waals surface area contributed by atoms with E-state index in [1.165, 1.54) is 43.5 Å². The Hall–Kier alpha value is -3.26. The van der Waals surface area contributed by atoms with Crippen LogP contribution in [0, 0.1) is 10.1 Å². The van der Waals surface area contributed by atoms with Crippen LogP contribution in [0.2, 0.25) is 5.02 Å². The Morgan fingerprint density at radius 2 is 1.88 bits per heavy atom. The van der Waals surface area contributed by atoms with Crippen molar-refractivity contribution in [1.82, 2.24) is 5.43 Å². The van der Waals surface area contributed by atoms with Gasteiger partial charge in [0.1, 0.15) is 0 Å². The molecule has 25 heavy (non-hydrogen) atoms. The van der Waals surface area contributed by atoms with Gasteiger partial charge in [0, 0.05) is 40.9 Å². The Morgan fingerprint density at radius 1 is 1.20 bits per heavy atom. The SMILES string of the molecule is CC(=O)Nc1ccc(C(=O)N/N=C\c2cc([N+](=O)[O-])ccc2Cl)cc1. The van der Waals surface area contributed by atoms with Crippen molar-refractivity contribution in [2.75, 3.05) is 5.32 Å². The number of anilines is 1. The van der Waals surface area contributed by atoms with Crippen LogP contribution in [0.4, 0.5) is 11.4 Å². The molecule has 128 valence electrons. The van der Waals surface area contributed by atoms with Crippen LogP contribution in [0.5, 0.6) is 0 Å². The van der Waals surface area contributed by atoms with Gasteiger partial charge in [0.25, 0.3) is 11.6 Å². The van der Waals surface area contributed by atoms with E-state index >= 15 is 0 Å². The third-order valence-corrected chi connectivity index (χ3v) is 3.37. The van der Waals surface area contributed by atoms with E-state index < -0.39 is 10.8 Å². The molecular weight excluding hydrogens is 348 g/mol. The molecule has 0 aromatic heterocycles. The van der Waals surface area contributed by atoms with Gasteiger partial charge in [-0.2, -0.15) is 5.10 Å². The van der Waals surface area contributed by atoms with Crippen molar-refractivity contribution in [1.29, 1.82) is 0 Å². The van der Waals surface area contributed by atoms with Crippen molar-refractivity contribution in [3.63, 3.8) is 0 Å². The number of hydrazone groups is 1.